The van der Waals surface area contributed by atoms with E-state index in [-0.39, 0.29) is 17.9 Å². The molecule has 6 heteroatoms. The zero-order chi connectivity index (χ0) is 16.8. The SMILES string of the molecule is CCOC(=O)[C@@H]1C[C@H](/C=C/OC(C)=O)c2cc(OC)ccc2N1. The molecule has 0 fully saturated rings. The molecule has 0 spiro atoms. The molecule has 0 aromatic heterocycles. The quantitative estimate of drug-likeness (QED) is 0.664. The second kappa shape index (κ2) is 7.67. The van der Waals surface area contributed by atoms with Crippen LogP contribution < -0.4 is 10.1 Å². The lowest BCUT2D eigenvalue weighted by Gasteiger charge is -2.30. The van der Waals surface area contributed by atoms with Gasteiger partial charge in [-0.3, -0.25) is 4.79 Å². The summed E-state index contributed by atoms with van der Waals surface area (Å²) in [5.41, 5.74) is 1.82. The second-order valence-corrected chi connectivity index (χ2v) is 5.18. The van der Waals surface area contributed by atoms with E-state index in [9.17, 15) is 9.59 Å². The number of rotatable bonds is 5. The Kier molecular flexibility index (Phi) is 5.62. The zero-order valence-corrected chi connectivity index (χ0v) is 13.5. The van der Waals surface area contributed by atoms with Crippen molar-refractivity contribution in [1.82, 2.24) is 0 Å². The van der Waals surface area contributed by atoms with Crippen LogP contribution in [0.4, 0.5) is 5.69 Å². The van der Waals surface area contributed by atoms with Crippen LogP contribution >= 0.6 is 0 Å². The van der Waals surface area contributed by atoms with Crippen LogP contribution in [0.15, 0.2) is 30.5 Å². The molecule has 1 N–H and O–H groups in total. The van der Waals surface area contributed by atoms with Gasteiger partial charge in [0.1, 0.15) is 11.8 Å². The number of hydrogen-bond donors (Lipinski definition) is 1. The molecule has 2 rings (SSSR count). The Labute approximate surface area is 135 Å². The first-order valence-corrected chi connectivity index (χ1v) is 7.50. The Morgan fingerprint density at radius 2 is 2.17 bits per heavy atom. The summed E-state index contributed by atoms with van der Waals surface area (Å²) in [5, 5.41) is 3.19. The van der Waals surface area contributed by atoms with Crippen LogP contribution in [-0.4, -0.2) is 31.7 Å². The summed E-state index contributed by atoms with van der Waals surface area (Å²) in [5.74, 6) is -0.0380. The van der Waals surface area contributed by atoms with Gasteiger partial charge in [-0.25, -0.2) is 4.79 Å². The van der Waals surface area contributed by atoms with E-state index >= 15 is 0 Å². The van der Waals surface area contributed by atoms with Gasteiger partial charge in [0, 0.05) is 18.5 Å². The third-order valence-electron chi connectivity index (χ3n) is 3.59. The summed E-state index contributed by atoms with van der Waals surface area (Å²) in [6, 6.07) is 5.16. The van der Waals surface area contributed by atoms with E-state index in [0.717, 1.165) is 17.0 Å². The molecule has 124 valence electrons. The van der Waals surface area contributed by atoms with Crippen molar-refractivity contribution in [3.8, 4) is 5.75 Å². The molecular weight excluding hydrogens is 298 g/mol. The van der Waals surface area contributed by atoms with Crippen LogP contribution in [-0.2, 0) is 19.1 Å². The Bertz CT molecular complexity index is 611. The van der Waals surface area contributed by atoms with Gasteiger partial charge in [0.2, 0.25) is 0 Å². The van der Waals surface area contributed by atoms with Gasteiger partial charge in [-0.15, -0.1) is 0 Å². The predicted molar refractivity (Wildman–Crippen MR) is 85.3 cm³/mol. The fourth-order valence-corrected chi connectivity index (χ4v) is 2.54. The van der Waals surface area contributed by atoms with Crippen LogP contribution in [0.25, 0.3) is 0 Å². The molecule has 0 saturated heterocycles. The Morgan fingerprint density at radius 3 is 2.83 bits per heavy atom. The van der Waals surface area contributed by atoms with Crippen molar-refractivity contribution in [2.45, 2.75) is 32.2 Å². The van der Waals surface area contributed by atoms with Gasteiger partial charge in [-0.1, -0.05) is 0 Å². The van der Waals surface area contributed by atoms with Gasteiger partial charge in [0.05, 0.1) is 20.0 Å². The van der Waals surface area contributed by atoms with Gasteiger partial charge >= 0.3 is 11.9 Å². The van der Waals surface area contributed by atoms with Crippen LogP contribution in [0, 0.1) is 0 Å². The lowest BCUT2D eigenvalue weighted by atomic mass is 9.87. The maximum absolute atomic E-state index is 12.0. The van der Waals surface area contributed by atoms with Crippen molar-refractivity contribution in [1.29, 1.82) is 0 Å². The Hall–Kier alpha value is -2.50. The first-order valence-electron chi connectivity index (χ1n) is 7.50. The Morgan fingerprint density at radius 1 is 1.39 bits per heavy atom. The summed E-state index contributed by atoms with van der Waals surface area (Å²) in [6.07, 6.45) is 3.65. The number of allylic oxidation sites excluding steroid dienone is 1. The molecule has 1 aromatic carbocycles. The summed E-state index contributed by atoms with van der Waals surface area (Å²) in [4.78, 5) is 22.9. The minimum Gasteiger partial charge on any atom is -0.497 e. The summed E-state index contributed by atoms with van der Waals surface area (Å²) >= 11 is 0. The number of hydrogen-bond acceptors (Lipinski definition) is 6. The summed E-state index contributed by atoms with van der Waals surface area (Å²) < 4.78 is 15.2. The predicted octanol–water partition coefficient (Wildman–Crippen LogP) is 2.60. The van der Waals surface area contributed by atoms with E-state index < -0.39 is 6.04 Å². The van der Waals surface area contributed by atoms with Crippen molar-refractivity contribution in [2.75, 3.05) is 19.0 Å². The van der Waals surface area contributed by atoms with E-state index in [1.165, 1.54) is 13.2 Å². The third-order valence-corrected chi connectivity index (χ3v) is 3.59. The number of carbonyl (C=O) groups excluding carboxylic acids is 2. The molecule has 0 aliphatic carbocycles. The summed E-state index contributed by atoms with van der Waals surface area (Å²) in [6.45, 7) is 3.45. The molecule has 0 amide bonds. The average molecular weight is 319 g/mol. The second-order valence-electron chi connectivity index (χ2n) is 5.18. The van der Waals surface area contributed by atoms with Crippen LogP contribution in [0.2, 0.25) is 0 Å². The fraction of sp³-hybridized carbons (Fsp3) is 0.412. The van der Waals surface area contributed by atoms with E-state index in [4.69, 9.17) is 14.2 Å². The van der Waals surface area contributed by atoms with E-state index in [0.29, 0.717) is 13.0 Å². The van der Waals surface area contributed by atoms with E-state index in [2.05, 4.69) is 5.32 Å². The number of benzene rings is 1. The number of esters is 2. The number of fused-ring (bicyclic) bond motifs is 1. The van der Waals surface area contributed by atoms with Gasteiger partial charge in [0.25, 0.3) is 0 Å². The van der Waals surface area contributed by atoms with Crippen LogP contribution in [0.1, 0.15) is 31.7 Å². The molecule has 0 saturated carbocycles. The minimum absolute atomic E-state index is 0.0879. The number of ether oxygens (including phenoxy) is 3. The van der Waals surface area contributed by atoms with E-state index in [1.807, 2.05) is 18.2 Å². The lowest BCUT2D eigenvalue weighted by molar-refractivity contribution is -0.144. The highest BCUT2D eigenvalue weighted by atomic mass is 16.5. The maximum atomic E-state index is 12.0. The van der Waals surface area contributed by atoms with Crippen molar-refractivity contribution < 1.29 is 23.8 Å². The Balaban J connectivity index is 2.28. The molecular formula is C17H21NO5. The van der Waals surface area contributed by atoms with Crippen molar-refractivity contribution in [2.24, 2.45) is 0 Å². The topological polar surface area (TPSA) is 73.9 Å². The molecule has 0 unspecified atom stereocenters. The van der Waals surface area contributed by atoms with Crippen molar-refractivity contribution in [3.05, 3.63) is 36.1 Å². The molecule has 23 heavy (non-hydrogen) atoms. The highest BCUT2D eigenvalue weighted by molar-refractivity contribution is 5.81. The molecule has 1 aromatic rings. The van der Waals surface area contributed by atoms with Crippen LogP contribution in [0.3, 0.4) is 0 Å². The monoisotopic (exact) mass is 319 g/mol. The van der Waals surface area contributed by atoms with Crippen molar-refractivity contribution >= 4 is 17.6 Å². The van der Waals surface area contributed by atoms with Crippen LogP contribution in [0.5, 0.6) is 5.75 Å². The normalized spacial score (nSPS) is 19.6. The zero-order valence-electron chi connectivity index (χ0n) is 13.5. The first kappa shape index (κ1) is 16.9. The number of carbonyl (C=O) groups is 2. The standard InChI is InChI=1S/C17H21NO5/c1-4-22-17(20)16-9-12(7-8-23-11(2)19)14-10-13(21-3)5-6-15(14)18-16/h5-8,10,12,16,18H,4,9H2,1-3H3/b8-7+/t12-,16-/m0/s1. The minimum atomic E-state index is -0.442. The molecule has 1 aliphatic rings. The van der Waals surface area contributed by atoms with Crippen molar-refractivity contribution in [3.63, 3.8) is 0 Å². The van der Waals surface area contributed by atoms with Gasteiger partial charge < -0.3 is 19.5 Å². The molecule has 2 atom stereocenters. The van der Waals surface area contributed by atoms with E-state index in [1.54, 1.807) is 20.1 Å². The highest BCUT2D eigenvalue weighted by Crippen LogP contribution is 2.37. The molecule has 1 heterocycles. The number of nitrogens with one attached hydrogen (secondary N) is 1. The third kappa shape index (κ3) is 4.25. The molecule has 0 bridgehead atoms. The average Bonchev–Trinajstić information content (AvgIpc) is 2.54. The smallest absolute Gasteiger partial charge is 0.328 e. The summed E-state index contributed by atoms with van der Waals surface area (Å²) in [7, 11) is 1.60. The lowest BCUT2D eigenvalue weighted by Crippen LogP contribution is -2.36. The van der Waals surface area contributed by atoms with Gasteiger partial charge in [-0.05, 0) is 43.2 Å². The van der Waals surface area contributed by atoms with Gasteiger partial charge in [0.15, 0.2) is 0 Å². The first-order chi connectivity index (χ1) is 11.0. The largest absolute Gasteiger partial charge is 0.497 e. The molecule has 1 aliphatic heterocycles. The van der Waals surface area contributed by atoms with Gasteiger partial charge in [-0.2, -0.15) is 0 Å². The number of methoxy groups -OCH3 is 1. The number of anilines is 1. The maximum Gasteiger partial charge on any atom is 0.328 e. The fourth-order valence-electron chi connectivity index (χ4n) is 2.54. The molecule has 6 nitrogen and oxygen atoms in total. The highest BCUT2D eigenvalue weighted by Gasteiger charge is 2.30. The molecule has 0 radical (unpaired) electrons.